The maximum absolute atomic E-state index is 11.8. The molecule has 0 saturated carbocycles. The summed E-state index contributed by atoms with van der Waals surface area (Å²) in [5.74, 6) is 0.281. The first-order chi connectivity index (χ1) is 8.20. The molecule has 0 aliphatic carbocycles. The van der Waals surface area contributed by atoms with Gasteiger partial charge in [0, 0.05) is 10.6 Å². The second kappa shape index (κ2) is 5.09. The molecule has 2 amide bonds. The Morgan fingerprint density at radius 3 is 2.71 bits per heavy atom. The van der Waals surface area contributed by atoms with Crippen LogP contribution in [0.15, 0.2) is 34.2 Å². The molecule has 2 rings (SSSR count). The predicted molar refractivity (Wildman–Crippen MR) is 70.4 cm³/mol. The van der Waals surface area contributed by atoms with Crippen molar-refractivity contribution in [1.29, 1.82) is 0 Å². The minimum absolute atomic E-state index is 0.236. The maximum atomic E-state index is 11.8. The topological polar surface area (TPSA) is 70.7 Å². The highest BCUT2D eigenvalue weighted by Crippen LogP contribution is 2.17. The number of rotatable bonds is 2. The number of amides is 2. The summed E-state index contributed by atoms with van der Waals surface area (Å²) in [7, 11) is 0. The van der Waals surface area contributed by atoms with Gasteiger partial charge in [-0.05, 0) is 30.5 Å². The number of hydrogen-bond acceptors (Lipinski definition) is 4. The van der Waals surface area contributed by atoms with Crippen LogP contribution in [0.1, 0.15) is 0 Å². The Bertz CT molecular complexity index is 443. The van der Waals surface area contributed by atoms with Crippen molar-refractivity contribution < 1.29 is 4.79 Å². The van der Waals surface area contributed by atoms with E-state index in [1.54, 1.807) is 11.8 Å². The molecule has 17 heavy (non-hydrogen) atoms. The van der Waals surface area contributed by atoms with Crippen LogP contribution in [-0.2, 0) is 0 Å². The third kappa shape index (κ3) is 2.71. The van der Waals surface area contributed by atoms with Crippen molar-refractivity contribution in [3.63, 3.8) is 0 Å². The molecule has 0 saturated heterocycles. The average molecular weight is 250 g/mol. The number of guanidine groups is 1. The highest BCUT2D eigenvalue weighted by Gasteiger charge is 2.20. The summed E-state index contributed by atoms with van der Waals surface area (Å²) >= 11 is 1.66. The van der Waals surface area contributed by atoms with Crippen molar-refractivity contribution >= 4 is 29.4 Å². The molecule has 0 fully saturated rings. The van der Waals surface area contributed by atoms with Crippen molar-refractivity contribution in [3.8, 4) is 0 Å². The summed E-state index contributed by atoms with van der Waals surface area (Å²) in [5.41, 5.74) is 6.35. The first-order valence-corrected chi connectivity index (χ1v) is 6.45. The van der Waals surface area contributed by atoms with Crippen LogP contribution in [0, 0.1) is 0 Å². The fourth-order valence-corrected chi connectivity index (χ4v) is 1.94. The normalized spacial score (nSPS) is 14.6. The summed E-state index contributed by atoms with van der Waals surface area (Å²) in [6.07, 6.45) is 2.01. The van der Waals surface area contributed by atoms with E-state index < -0.39 is 0 Å². The fourth-order valence-electron chi connectivity index (χ4n) is 1.54. The molecule has 0 atom stereocenters. The first-order valence-electron chi connectivity index (χ1n) is 5.23. The third-order valence-electron chi connectivity index (χ3n) is 2.46. The zero-order chi connectivity index (χ0) is 12.3. The SMILES string of the molecule is CSc1ccc(NC(=O)N2CCN=C2N)cc1. The van der Waals surface area contributed by atoms with Crippen LogP contribution in [-0.4, -0.2) is 36.2 Å². The van der Waals surface area contributed by atoms with Gasteiger partial charge in [-0.25, -0.2) is 4.79 Å². The molecule has 5 nitrogen and oxygen atoms in total. The number of benzene rings is 1. The number of hydrogen-bond donors (Lipinski definition) is 2. The Hall–Kier alpha value is -1.69. The van der Waals surface area contributed by atoms with E-state index >= 15 is 0 Å². The second-order valence-electron chi connectivity index (χ2n) is 3.55. The second-order valence-corrected chi connectivity index (χ2v) is 4.43. The van der Waals surface area contributed by atoms with E-state index in [0.29, 0.717) is 13.1 Å². The minimum atomic E-state index is -0.236. The van der Waals surface area contributed by atoms with Gasteiger partial charge < -0.3 is 11.1 Å². The summed E-state index contributed by atoms with van der Waals surface area (Å²) in [6, 6.07) is 7.42. The molecule has 0 aromatic heterocycles. The van der Waals surface area contributed by atoms with Gasteiger partial charge in [-0.3, -0.25) is 9.89 Å². The van der Waals surface area contributed by atoms with E-state index in [4.69, 9.17) is 5.73 Å². The van der Waals surface area contributed by atoms with E-state index in [0.717, 1.165) is 10.6 Å². The molecular weight excluding hydrogens is 236 g/mol. The van der Waals surface area contributed by atoms with Gasteiger partial charge in [-0.15, -0.1) is 11.8 Å². The number of thioether (sulfide) groups is 1. The number of aliphatic imine (C=N–C) groups is 1. The molecule has 1 aliphatic rings. The van der Waals surface area contributed by atoms with Crippen LogP contribution in [0.5, 0.6) is 0 Å². The highest BCUT2D eigenvalue weighted by molar-refractivity contribution is 7.98. The number of urea groups is 1. The van der Waals surface area contributed by atoms with Gasteiger partial charge in [0.1, 0.15) is 0 Å². The summed E-state index contributed by atoms with van der Waals surface area (Å²) in [5, 5.41) is 2.78. The van der Waals surface area contributed by atoms with Gasteiger partial charge in [-0.1, -0.05) is 0 Å². The fraction of sp³-hybridized carbons (Fsp3) is 0.273. The van der Waals surface area contributed by atoms with Crippen LogP contribution < -0.4 is 11.1 Å². The van der Waals surface area contributed by atoms with Gasteiger partial charge in [0.15, 0.2) is 5.96 Å². The lowest BCUT2D eigenvalue weighted by atomic mass is 10.3. The van der Waals surface area contributed by atoms with Gasteiger partial charge in [0.2, 0.25) is 0 Å². The standard InChI is InChI=1S/C11H14N4OS/c1-17-9-4-2-8(3-5-9)14-11(16)15-7-6-13-10(15)12/h2-5H,6-7H2,1H3,(H2,12,13)(H,14,16). The Morgan fingerprint density at radius 2 is 2.18 bits per heavy atom. The van der Waals surface area contributed by atoms with Crippen molar-refractivity contribution in [3.05, 3.63) is 24.3 Å². The molecule has 1 aromatic carbocycles. The highest BCUT2D eigenvalue weighted by atomic mass is 32.2. The minimum Gasteiger partial charge on any atom is -0.369 e. The smallest absolute Gasteiger partial charge is 0.328 e. The lowest BCUT2D eigenvalue weighted by molar-refractivity contribution is 0.236. The van der Waals surface area contributed by atoms with Crippen LogP contribution in [0.3, 0.4) is 0 Å². The summed E-state index contributed by atoms with van der Waals surface area (Å²) < 4.78 is 0. The van der Waals surface area contributed by atoms with Gasteiger partial charge >= 0.3 is 6.03 Å². The first kappa shape index (κ1) is 11.8. The van der Waals surface area contributed by atoms with Crippen LogP contribution in [0.4, 0.5) is 10.5 Å². The predicted octanol–water partition coefficient (Wildman–Crippen LogP) is 1.57. The van der Waals surface area contributed by atoms with E-state index in [2.05, 4.69) is 10.3 Å². The quantitative estimate of drug-likeness (QED) is 0.783. The van der Waals surface area contributed by atoms with Crippen LogP contribution in [0.25, 0.3) is 0 Å². The molecule has 0 spiro atoms. The molecule has 1 heterocycles. The zero-order valence-electron chi connectivity index (χ0n) is 9.51. The Balaban J connectivity index is 2.00. The molecule has 0 unspecified atom stereocenters. The number of anilines is 1. The number of nitrogens with one attached hydrogen (secondary N) is 1. The van der Waals surface area contributed by atoms with E-state index in [9.17, 15) is 4.79 Å². The molecule has 6 heteroatoms. The van der Waals surface area contributed by atoms with E-state index in [1.807, 2.05) is 30.5 Å². The number of nitrogens with zero attached hydrogens (tertiary/aromatic N) is 2. The zero-order valence-corrected chi connectivity index (χ0v) is 10.3. The average Bonchev–Trinajstić information content (AvgIpc) is 2.76. The maximum Gasteiger partial charge on any atom is 0.328 e. The van der Waals surface area contributed by atoms with Crippen molar-refractivity contribution in [2.45, 2.75) is 4.90 Å². The van der Waals surface area contributed by atoms with Gasteiger partial charge in [0.05, 0.1) is 13.1 Å². The monoisotopic (exact) mass is 250 g/mol. The Morgan fingerprint density at radius 1 is 1.47 bits per heavy atom. The molecular formula is C11H14N4OS. The number of nitrogens with two attached hydrogens (primary N) is 1. The third-order valence-corrected chi connectivity index (χ3v) is 3.20. The molecule has 1 aliphatic heterocycles. The molecule has 90 valence electrons. The Labute approximate surface area is 104 Å². The van der Waals surface area contributed by atoms with E-state index in [-0.39, 0.29) is 12.0 Å². The lowest BCUT2D eigenvalue weighted by Crippen LogP contribution is -2.41. The van der Waals surface area contributed by atoms with Gasteiger partial charge in [-0.2, -0.15) is 0 Å². The van der Waals surface area contributed by atoms with Crippen LogP contribution in [0.2, 0.25) is 0 Å². The summed E-state index contributed by atoms with van der Waals surface area (Å²) in [4.78, 5) is 18.4. The Kier molecular flexibility index (Phi) is 3.53. The lowest BCUT2D eigenvalue weighted by Gasteiger charge is -2.16. The van der Waals surface area contributed by atoms with Crippen molar-refractivity contribution in [2.75, 3.05) is 24.7 Å². The van der Waals surface area contributed by atoms with Crippen molar-refractivity contribution in [1.82, 2.24) is 4.90 Å². The van der Waals surface area contributed by atoms with E-state index in [1.165, 1.54) is 4.90 Å². The van der Waals surface area contributed by atoms with Gasteiger partial charge in [0.25, 0.3) is 0 Å². The van der Waals surface area contributed by atoms with Crippen LogP contribution >= 0.6 is 11.8 Å². The number of carbonyl (C=O) groups excluding carboxylic acids is 1. The largest absolute Gasteiger partial charge is 0.369 e. The molecule has 0 bridgehead atoms. The molecule has 3 N–H and O–H groups in total. The van der Waals surface area contributed by atoms with Crippen molar-refractivity contribution in [2.24, 2.45) is 10.7 Å². The number of carbonyl (C=O) groups is 1. The molecule has 0 radical (unpaired) electrons. The summed E-state index contributed by atoms with van der Waals surface area (Å²) in [6.45, 7) is 1.12. The molecule has 1 aromatic rings.